The molecule has 0 radical (unpaired) electrons. The quantitative estimate of drug-likeness (QED) is 0.0169. The molecule has 3 N–H and O–H groups in total. The van der Waals surface area contributed by atoms with Crippen molar-refractivity contribution in [1.82, 2.24) is 0 Å². The highest BCUT2D eigenvalue weighted by molar-refractivity contribution is 7.47. The Morgan fingerprint density at radius 1 is 0.284 bits per heavy atom. The fourth-order valence-corrected chi connectivity index (χ4v) is 12.5. The van der Waals surface area contributed by atoms with Gasteiger partial charge >= 0.3 is 39.5 Å². The molecule has 0 bridgehead atoms. The molecule has 0 aromatic heterocycles. The van der Waals surface area contributed by atoms with Gasteiger partial charge in [0.15, 0.2) is 12.2 Å². The average Bonchev–Trinajstić information content (AvgIpc) is 0.908. The minimum absolute atomic E-state index is 0.0382. The van der Waals surface area contributed by atoms with Crippen molar-refractivity contribution in [3.8, 4) is 0 Å². The highest BCUT2D eigenvalue weighted by Crippen LogP contribution is 2.45. The van der Waals surface area contributed by atoms with Crippen LogP contribution in [0, 0.1) is 0 Å². The smallest absolute Gasteiger partial charge is 0.462 e. The number of phosphoric ester groups is 2. The SMILES string of the molecule is CC/C=C\C/C=C\C/C=C\C/C=C\C/C=C\C/C=C\CCC(=O)OC[C@H](COP(=O)(O)OC[C@@H](O)COP(=O)(O)OC[C@@H](COC(=O)CCCCCCCCC/C=C\CCCCCC)OC(=O)CCCCCCCCC/C=C\CCCCCC)OC(=O)CCCCCCCCCCCCCCC. The number of hydrogen-bond donors (Lipinski definition) is 3. The molecule has 590 valence electrons. The largest absolute Gasteiger partial charge is 0.472 e. The maximum Gasteiger partial charge on any atom is 0.472 e. The summed E-state index contributed by atoms with van der Waals surface area (Å²) in [5, 5.41) is 10.6. The Kier molecular flexibility index (Phi) is 72.3. The van der Waals surface area contributed by atoms with Crippen LogP contribution in [0.4, 0.5) is 0 Å². The Hall–Kier alpha value is -4.02. The normalized spacial score (nSPS) is 14.4. The van der Waals surface area contributed by atoms with Crippen molar-refractivity contribution in [2.24, 2.45) is 0 Å². The van der Waals surface area contributed by atoms with Crippen molar-refractivity contribution in [2.45, 2.75) is 367 Å². The van der Waals surface area contributed by atoms with E-state index in [1.807, 2.05) is 18.2 Å². The maximum absolute atomic E-state index is 13.1. The highest BCUT2D eigenvalue weighted by atomic mass is 31.2. The molecule has 5 atom stereocenters. The van der Waals surface area contributed by atoms with Gasteiger partial charge in [-0.25, -0.2) is 9.13 Å². The number of carbonyl (C=O) groups is 4. The number of phosphoric acid groups is 2. The van der Waals surface area contributed by atoms with Gasteiger partial charge in [0.2, 0.25) is 0 Å². The summed E-state index contributed by atoms with van der Waals surface area (Å²) in [7, 11) is -9.97. The van der Waals surface area contributed by atoms with Gasteiger partial charge < -0.3 is 33.8 Å². The van der Waals surface area contributed by atoms with E-state index in [1.165, 1.54) is 116 Å². The number of rotatable bonds is 76. The minimum atomic E-state index is -4.99. The summed E-state index contributed by atoms with van der Waals surface area (Å²) >= 11 is 0. The lowest BCUT2D eigenvalue weighted by Gasteiger charge is -2.21. The molecular weight excluding hydrogens is 1330 g/mol. The van der Waals surface area contributed by atoms with Gasteiger partial charge in [-0.15, -0.1) is 0 Å². The van der Waals surface area contributed by atoms with Crippen molar-refractivity contribution >= 4 is 39.5 Å². The first-order valence-electron chi connectivity index (χ1n) is 40.5. The molecule has 0 heterocycles. The maximum atomic E-state index is 13.1. The molecule has 0 spiro atoms. The van der Waals surface area contributed by atoms with E-state index in [2.05, 4.69) is 107 Å². The zero-order valence-electron chi connectivity index (χ0n) is 64.5. The molecule has 19 heteroatoms. The van der Waals surface area contributed by atoms with E-state index in [9.17, 15) is 43.2 Å². The van der Waals surface area contributed by atoms with Crippen molar-refractivity contribution in [1.29, 1.82) is 0 Å². The van der Waals surface area contributed by atoms with Crippen LogP contribution in [0.15, 0.2) is 97.2 Å². The van der Waals surface area contributed by atoms with Crippen molar-refractivity contribution in [3.05, 3.63) is 97.2 Å². The molecule has 102 heavy (non-hydrogen) atoms. The second-order valence-electron chi connectivity index (χ2n) is 27.0. The van der Waals surface area contributed by atoms with E-state index in [4.69, 9.17) is 37.0 Å². The number of carbonyl (C=O) groups excluding carboxylic acids is 4. The van der Waals surface area contributed by atoms with Crippen LogP contribution >= 0.6 is 15.6 Å². The second kappa shape index (κ2) is 75.2. The molecule has 0 saturated carbocycles. The standard InChI is InChI=1S/C83H146O17P2/c1-5-9-13-17-21-25-29-33-36-37-38-39-42-45-48-52-56-60-64-68-81(86)94-73-78(99-82(87)69-65-61-57-53-49-43-32-28-24-20-16-12-8-4)75-97-101(89,90)95-71-77(84)72-96-102(91,92)98-76-79(100-83(88)70-66-62-58-54-50-46-41-35-31-27-23-19-15-11-7-3)74-93-80(85)67-63-59-55-51-47-44-40-34-30-26-22-18-14-10-6-2/h9,13,21,25-27,30-31,33,36,38-39,45,48,56,60,77-79,84H,5-8,10-12,14-20,22-24,28-29,32,34-35,37,40-44,46-47,49-55,57-59,61-76H2,1-4H3,(H,89,90)(H,91,92)/b13-9-,25-21-,30-26-,31-27-,36-33-,39-38-,48-45-,60-56-/t77-,78-,79-/m1/s1. The third kappa shape index (κ3) is 74.3. The van der Waals surface area contributed by atoms with Gasteiger partial charge in [-0.3, -0.25) is 37.3 Å². The van der Waals surface area contributed by atoms with E-state index in [0.717, 1.165) is 148 Å². The lowest BCUT2D eigenvalue weighted by Crippen LogP contribution is -2.30. The molecule has 0 rings (SSSR count). The number of allylic oxidation sites excluding steroid dienone is 16. The van der Waals surface area contributed by atoms with Gasteiger partial charge in [-0.1, -0.05) is 305 Å². The molecular formula is C83H146O17P2. The predicted molar refractivity (Wildman–Crippen MR) is 418 cm³/mol. The van der Waals surface area contributed by atoms with Crippen molar-refractivity contribution < 1.29 is 80.2 Å². The van der Waals surface area contributed by atoms with Crippen LogP contribution in [-0.2, 0) is 65.4 Å². The molecule has 0 aromatic rings. The zero-order chi connectivity index (χ0) is 74.6. The predicted octanol–water partition coefficient (Wildman–Crippen LogP) is 23.6. The van der Waals surface area contributed by atoms with Crippen LogP contribution < -0.4 is 0 Å². The topological polar surface area (TPSA) is 237 Å². The fraction of sp³-hybridized carbons (Fsp3) is 0.759. The van der Waals surface area contributed by atoms with Crippen LogP contribution in [0.5, 0.6) is 0 Å². The Bertz CT molecular complexity index is 2310. The van der Waals surface area contributed by atoms with E-state index >= 15 is 0 Å². The monoisotopic (exact) mass is 1480 g/mol. The number of aliphatic hydroxyl groups excluding tert-OH is 1. The lowest BCUT2D eigenvalue weighted by molar-refractivity contribution is -0.161. The third-order valence-corrected chi connectivity index (χ3v) is 18.9. The molecule has 0 aliphatic rings. The van der Waals surface area contributed by atoms with E-state index in [0.29, 0.717) is 32.1 Å². The van der Waals surface area contributed by atoms with Gasteiger partial charge in [-0.05, 0) is 116 Å². The van der Waals surface area contributed by atoms with Gasteiger partial charge in [0.25, 0.3) is 0 Å². The third-order valence-electron chi connectivity index (χ3n) is 17.0. The number of esters is 4. The molecule has 0 saturated heterocycles. The van der Waals surface area contributed by atoms with Crippen LogP contribution in [0.25, 0.3) is 0 Å². The Morgan fingerprint density at radius 2 is 0.529 bits per heavy atom. The second-order valence-corrected chi connectivity index (χ2v) is 29.9. The minimum Gasteiger partial charge on any atom is -0.462 e. The van der Waals surface area contributed by atoms with Gasteiger partial charge in [0, 0.05) is 25.7 Å². The summed E-state index contributed by atoms with van der Waals surface area (Å²) in [6.45, 7) is 4.69. The van der Waals surface area contributed by atoms with Crippen LogP contribution in [0.1, 0.15) is 349 Å². The van der Waals surface area contributed by atoms with Gasteiger partial charge in [0.05, 0.1) is 26.4 Å². The van der Waals surface area contributed by atoms with E-state index < -0.39 is 97.5 Å². The summed E-state index contributed by atoms with van der Waals surface area (Å²) < 4.78 is 68.6. The van der Waals surface area contributed by atoms with Crippen molar-refractivity contribution in [2.75, 3.05) is 39.6 Å². The molecule has 17 nitrogen and oxygen atoms in total. The summed E-state index contributed by atoms with van der Waals surface area (Å²) in [5.74, 6) is -2.26. The number of unbranched alkanes of at least 4 members (excludes halogenated alkanes) is 34. The van der Waals surface area contributed by atoms with Crippen LogP contribution in [0.3, 0.4) is 0 Å². The Balaban J connectivity index is 5.39. The van der Waals surface area contributed by atoms with Gasteiger partial charge in [-0.2, -0.15) is 0 Å². The first-order chi connectivity index (χ1) is 49.7. The lowest BCUT2D eigenvalue weighted by atomic mass is 10.0. The van der Waals surface area contributed by atoms with Crippen molar-refractivity contribution in [3.63, 3.8) is 0 Å². The summed E-state index contributed by atoms with van der Waals surface area (Å²) in [5.41, 5.74) is 0. The first-order valence-corrected chi connectivity index (χ1v) is 43.5. The number of aliphatic hydroxyl groups is 1. The van der Waals surface area contributed by atoms with Crippen LogP contribution in [0.2, 0.25) is 0 Å². The molecule has 0 amide bonds. The summed E-state index contributed by atoms with van der Waals surface area (Å²) in [4.78, 5) is 73.0. The Morgan fingerprint density at radius 3 is 0.853 bits per heavy atom. The molecule has 2 unspecified atom stereocenters. The molecule has 0 aromatic carbocycles. The Labute approximate surface area is 620 Å². The molecule has 0 aliphatic heterocycles. The average molecular weight is 1480 g/mol. The van der Waals surface area contributed by atoms with E-state index in [1.54, 1.807) is 0 Å². The molecule has 0 fully saturated rings. The number of ether oxygens (including phenoxy) is 4. The zero-order valence-corrected chi connectivity index (χ0v) is 66.3. The first kappa shape index (κ1) is 98.0. The van der Waals surface area contributed by atoms with Gasteiger partial charge in [0.1, 0.15) is 19.3 Å². The summed E-state index contributed by atoms with van der Waals surface area (Å²) in [6, 6.07) is 0. The number of hydrogen-bond acceptors (Lipinski definition) is 15. The van der Waals surface area contributed by atoms with E-state index in [-0.39, 0.29) is 25.7 Å². The summed E-state index contributed by atoms with van der Waals surface area (Å²) in [6.07, 6.45) is 79.6. The fourth-order valence-electron chi connectivity index (χ4n) is 10.9. The highest BCUT2D eigenvalue weighted by Gasteiger charge is 2.30. The van der Waals surface area contributed by atoms with Crippen LogP contribution in [-0.4, -0.2) is 96.7 Å². The molecule has 0 aliphatic carbocycles.